The van der Waals surface area contributed by atoms with Crippen LogP contribution in [0.3, 0.4) is 0 Å². The monoisotopic (exact) mass is 206 g/mol. The Morgan fingerprint density at radius 2 is 1.87 bits per heavy atom. The fraction of sp³-hybridized carbons (Fsp3) is 0.462. The number of methoxy groups -OCH3 is 1. The Morgan fingerprint density at radius 3 is 2.47 bits per heavy atom. The largest absolute Gasteiger partial charge is 0.497 e. The molecule has 0 amide bonds. The summed E-state index contributed by atoms with van der Waals surface area (Å²) in [5.41, 5.74) is 1.16. The summed E-state index contributed by atoms with van der Waals surface area (Å²) in [6, 6.07) is 8.02. The second kappa shape index (κ2) is 7.16. The first kappa shape index (κ1) is 11.9. The summed E-state index contributed by atoms with van der Waals surface area (Å²) in [7, 11) is 1.68. The molecule has 2 heteroatoms. The smallest absolute Gasteiger partial charge is 0.119 e. The first-order valence-electron chi connectivity index (χ1n) is 5.54. The molecule has 1 radical (unpaired) electrons. The maximum Gasteiger partial charge on any atom is 0.119 e. The second-order valence-corrected chi connectivity index (χ2v) is 3.57. The molecule has 0 atom stereocenters. The Labute approximate surface area is 92.6 Å². The van der Waals surface area contributed by atoms with Crippen LogP contribution in [0.4, 0.5) is 5.69 Å². The van der Waals surface area contributed by atoms with Gasteiger partial charge in [0, 0.05) is 12.2 Å². The molecule has 15 heavy (non-hydrogen) atoms. The van der Waals surface area contributed by atoms with E-state index in [1.165, 1.54) is 19.3 Å². The number of hydrogen-bond donors (Lipinski definition) is 1. The fourth-order valence-electron chi connectivity index (χ4n) is 1.42. The number of hydrogen-bond acceptors (Lipinski definition) is 2. The molecule has 2 nitrogen and oxygen atoms in total. The lowest BCUT2D eigenvalue weighted by molar-refractivity contribution is 0.415. The molecule has 83 valence electrons. The van der Waals surface area contributed by atoms with E-state index < -0.39 is 0 Å². The minimum absolute atomic E-state index is 0.901. The van der Waals surface area contributed by atoms with Crippen molar-refractivity contribution in [1.82, 2.24) is 0 Å². The average molecular weight is 206 g/mol. The van der Waals surface area contributed by atoms with E-state index in [-0.39, 0.29) is 0 Å². The van der Waals surface area contributed by atoms with Gasteiger partial charge in [-0.05, 0) is 30.7 Å². The SMILES string of the molecule is [CH2]CCCCCNc1ccc(OC)cc1. The summed E-state index contributed by atoms with van der Waals surface area (Å²) in [6.07, 6.45) is 4.74. The number of nitrogens with one attached hydrogen (secondary N) is 1. The summed E-state index contributed by atoms with van der Waals surface area (Å²) in [6.45, 7) is 4.86. The van der Waals surface area contributed by atoms with Gasteiger partial charge in [0.2, 0.25) is 0 Å². The van der Waals surface area contributed by atoms with Crippen LogP contribution in [-0.2, 0) is 0 Å². The van der Waals surface area contributed by atoms with E-state index in [9.17, 15) is 0 Å². The molecule has 0 saturated carbocycles. The normalized spacial score (nSPS) is 10.0. The summed E-state index contributed by atoms with van der Waals surface area (Å²) < 4.78 is 5.09. The highest BCUT2D eigenvalue weighted by Crippen LogP contribution is 2.14. The lowest BCUT2D eigenvalue weighted by Gasteiger charge is -2.06. The lowest BCUT2D eigenvalue weighted by atomic mass is 10.2. The third kappa shape index (κ3) is 4.73. The van der Waals surface area contributed by atoms with Gasteiger partial charge >= 0.3 is 0 Å². The molecule has 0 fully saturated rings. The molecule has 1 rings (SSSR count). The quantitative estimate of drug-likeness (QED) is 0.689. The number of ether oxygens (including phenoxy) is 1. The molecule has 0 aliphatic rings. The van der Waals surface area contributed by atoms with Crippen molar-refractivity contribution in [2.45, 2.75) is 25.7 Å². The Bertz CT molecular complexity index is 256. The third-order valence-corrected chi connectivity index (χ3v) is 2.35. The van der Waals surface area contributed by atoms with Gasteiger partial charge < -0.3 is 10.1 Å². The van der Waals surface area contributed by atoms with Crippen molar-refractivity contribution >= 4 is 5.69 Å². The minimum atomic E-state index is 0.901. The average Bonchev–Trinajstić information content (AvgIpc) is 2.30. The summed E-state index contributed by atoms with van der Waals surface area (Å²) in [5.74, 6) is 0.901. The van der Waals surface area contributed by atoms with Crippen LogP contribution < -0.4 is 10.1 Å². The van der Waals surface area contributed by atoms with Crippen LogP contribution in [0.25, 0.3) is 0 Å². The summed E-state index contributed by atoms with van der Waals surface area (Å²) >= 11 is 0. The van der Waals surface area contributed by atoms with Crippen LogP contribution >= 0.6 is 0 Å². The van der Waals surface area contributed by atoms with E-state index in [4.69, 9.17) is 4.74 Å². The lowest BCUT2D eigenvalue weighted by Crippen LogP contribution is -2.00. The van der Waals surface area contributed by atoms with Gasteiger partial charge in [0.1, 0.15) is 5.75 Å². The highest BCUT2D eigenvalue weighted by Gasteiger charge is 1.93. The van der Waals surface area contributed by atoms with Crippen molar-refractivity contribution < 1.29 is 4.74 Å². The number of rotatable bonds is 7. The predicted molar refractivity (Wildman–Crippen MR) is 65.3 cm³/mol. The van der Waals surface area contributed by atoms with Crippen LogP contribution in [0.1, 0.15) is 25.7 Å². The molecular weight excluding hydrogens is 186 g/mol. The first-order valence-corrected chi connectivity index (χ1v) is 5.54. The van der Waals surface area contributed by atoms with Gasteiger partial charge in [-0.3, -0.25) is 0 Å². The summed E-state index contributed by atoms with van der Waals surface area (Å²) in [5, 5.41) is 3.38. The van der Waals surface area contributed by atoms with Crippen molar-refractivity contribution in [2.75, 3.05) is 19.0 Å². The third-order valence-electron chi connectivity index (χ3n) is 2.35. The molecule has 0 bridgehead atoms. The Balaban J connectivity index is 2.20. The van der Waals surface area contributed by atoms with Gasteiger partial charge in [-0.15, -0.1) is 0 Å². The molecule has 1 aromatic carbocycles. The zero-order valence-corrected chi connectivity index (χ0v) is 9.46. The highest BCUT2D eigenvalue weighted by atomic mass is 16.5. The second-order valence-electron chi connectivity index (χ2n) is 3.57. The zero-order chi connectivity index (χ0) is 10.9. The minimum Gasteiger partial charge on any atom is -0.497 e. The van der Waals surface area contributed by atoms with Crippen molar-refractivity contribution in [3.8, 4) is 5.75 Å². The fourth-order valence-corrected chi connectivity index (χ4v) is 1.42. The molecule has 1 aromatic rings. The number of benzene rings is 1. The molecule has 0 saturated heterocycles. The molecule has 0 unspecified atom stereocenters. The van der Waals surface area contributed by atoms with Crippen molar-refractivity contribution in [2.24, 2.45) is 0 Å². The summed E-state index contributed by atoms with van der Waals surface area (Å²) in [4.78, 5) is 0. The molecule has 0 aromatic heterocycles. The molecular formula is C13H20NO. The van der Waals surface area contributed by atoms with E-state index in [0.29, 0.717) is 0 Å². The van der Waals surface area contributed by atoms with Crippen LogP contribution in [0.2, 0.25) is 0 Å². The molecule has 0 aliphatic carbocycles. The maximum atomic E-state index is 5.09. The predicted octanol–water partition coefficient (Wildman–Crippen LogP) is 3.50. The van der Waals surface area contributed by atoms with Gasteiger partial charge in [0.25, 0.3) is 0 Å². The Kier molecular flexibility index (Phi) is 5.67. The van der Waals surface area contributed by atoms with Gasteiger partial charge in [-0.1, -0.05) is 26.2 Å². The van der Waals surface area contributed by atoms with E-state index >= 15 is 0 Å². The van der Waals surface area contributed by atoms with Crippen LogP contribution in [-0.4, -0.2) is 13.7 Å². The maximum absolute atomic E-state index is 5.09. The van der Waals surface area contributed by atoms with Crippen LogP contribution in [0.15, 0.2) is 24.3 Å². The Morgan fingerprint density at radius 1 is 1.13 bits per heavy atom. The van der Waals surface area contributed by atoms with Gasteiger partial charge in [-0.25, -0.2) is 0 Å². The van der Waals surface area contributed by atoms with Crippen molar-refractivity contribution in [1.29, 1.82) is 0 Å². The van der Waals surface area contributed by atoms with E-state index in [0.717, 1.165) is 24.4 Å². The standard InChI is InChI=1S/C13H20NO/c1-3-4-5-6-11-14-12-7-9-13(15-2)10-8-12/h7-10,14H,1,3-6,11H2,2H3. The van der Waals surface area contributed by atoms with Gasteiger partial charge in [0.15, 0.2) is 0 Å². The van der Waals surface area contributed by atoms with Gasteiger partial charge in [-0.2, -0.15) is 0 Å². The molecule has 0 heterocycles. The number of unbranched alkanes of at least 4 members (excludes halogenated alkanes) is 3. The Hall–Kier alpha value is -1.18. The van der Waals surface area contributed by atoms with Crippen LogP contribution in [0, 0.1) is 6.92 Å². The van der Waals surface area contributed by atoms with Crippen LogP contribution in [0.5, 0.6) is 5.75 Å². The topological polar surface area (TPSA) is 21.3 Å². The molecule has 0 spiro atoms. The zero-order valence-electron chi connectivity index (χ0n) is 9.46. The van der Waals surface area contributed by atoms with E-state index in [1.54, 1.807) is 7.11 Å². The first-order chi connectivity index (χ1) is 7.36. The highest BCUT2D eigenvalue weighted by molar-refractivity contribution is 5.46. The number of anilines is 1. The van der Waals surface area contributed by atoms with E-state index in [1.807, 2.05) is 24.3 Å². The molecule has 0 aliphatic heterocycles. The van der Waals surface area contributed by atoms with Crippen molar-refractivity contribution in [3.05, 3.63) is 31.2 Å². The van der Waals surface area contributed by atoms with Crippen molar-refractivity contribution in [3.63, 3.8) is 0 Å². The molecule has 1 N–H and O–H groups in total. The van der Waals surface area contributed by atoms with E-state index in [2.05, 4.69) is 12.2 Å². The van der Waals surface area contributed by atoms with Gasteiger partial charge in [0.05, 0.1) is 7.11 Å².